The molecule has 2 aromatic rings. The molecule has 1 aliphatic heterocycles. The Morgan fingerprint density at radius 3 is 2.70 bits per heavy atom. The number of rotatable bonds is 5. The van der Waals surface area contributed by atoms with Crippen LogP contribution in [-0.4, -0.2) is 42.4 Å². The van der Waals surface area contributed by atoms with E-state index in [9.17, 15) is 8.42 Å². The Hall–Kier alpha value is -1.70. The Morgan fingerprint density at radius 2 is 2.00 bits per heavy atom. The average Bonchev–Trinajstić information content (AvgIpc) is 2.95. The van der Waals surface area contributed by atoms with E-state index >= 15 is 0 Å². The average molecular weight is 334 g/mol. The van der Waals surface area contributed by atoms with Gasteiger partial charge in [0.25, 0.3) is 0 Å². The summed E-state index contributed by atoms with van der Waals surface area (Å²) in [5.41, 5.74) is 3.63. The van der Waals surface area contributed by atoms with E-state index in [1.807, 2.05) is 10.7 Å². The standard InChI is InChI=1S/C16H22N4O2S/c1-13-3-5-14(6-4-13)10-19-11-15-7-8-17-20(15)16(12-19)9-18-23(2,21)22/h3-8,16,18H,9-12H2,1-2H3/t16-/m1/s1. The molecule has 0 saturated carbocycles. The van der Waals surface area contributed by atoms with E-state index in [4.69, 9.17) is 0 Å². The maximum Gasteiger partial charge on any atom is 0.208 e. The van der Waals surface area contributed by atoms with Crippen molar-refractivity contribution in [2.75, 3.05) is 19.3 Å². The zero-order chi connectivity index (χ0) is 16.4. The SMILES string of the molecule is Cc1ccc(CN2Cc3ccnn3[C@H](CNS(C)(=O)=O)C2)cc1. The summed E-state index contributed by atoms with van der Waals surface area (Å²) < 4.78 is 27.3. The van der Waals surface area contributed by atoms with Crippen molar-refractivity contribution < 1.29 is 8.42 Å². The van der Waals surface area contributed by atoms with Crippen LogP contribution in [0.1, 0.15) is 22.9 Å². The highest BCUT2D eigenvalue weighted by Crippen LogP contribution is 2.21. The zero-order valence-corrected chi connectivity index (χ0v) is 14.3. The molecular formula is C16H22N4O2S. The van der Waals surface area contributed by atoms with Gasteiger partial charge in [0, 0.05) is 32.4 Å². The predicted octanol–water partition coefficient (Wildman–Crippen LogP) is 1.30. The quantitative estimate of drug-likeness (QED) is 0.895. The highest BCUT2D eigenvalue weighted by Gasteiger charge is 2.26. The summed E-state index contributed by atoms with van der Waals surface area (Å²) in [4.78, 5) is 2.33. The van der Waals surface area contributed by atoms with Gasteiger partial charge in [-0.3, -0.25) is 9.58 Å². The minimum atomic E-state index is -3.20. The lowest BCUT2D eigenvalue weighted by molar-refractivity contribution is 0.168. The third kappa shape index (κ3) is 4.19. The third-order valence-corrected chi connectivity index (χ3v) is 4.75. The predicted molar refractivity (Wildman–Crippen MR) is 89.4 cm³/mol. The topological polar surface area (TPSA) is 67.2 Å². The number of aromatic nitrogens is 2. The minimum Gasteiger partial charge on any atom is -0.291 e. The first kappa shape index (κ1) is 16.2. The third-order valence-electron chi connectivity index (χ3n) is 4.06. The molecule has 1 aliphatic rings. The maximum atomic E-state index is 11.4. The second-order valence-electron chi connectivity index (χ2n) is 6.20. The van der Waals surface area contributed by atoms with Crippen molar-refractivity contribution in [3.05, 3.63) is 53.3 Å². The molecule has 0 spiro atoms. The highest BCUT2D eigenvalue weighted by molar-refractivity contribution is 7.88. The van der Waals surface area contributed by atoms with Gasteiger partial charge in [-0.25, -0.2) is 13.1 Å². The number of benzene rings is 1. The molecule has 3 rings (SSSR count). The van der Waals surface area contributed by atoms with Crippen molar-refractivity contribution in [3.63, 3.8) is 0 Å². The Labute approximate surface area is 137 Å². The maximum absolute atomic E-state index is 11.4. The Balaban J connectivity index is 1.73. The molecule has 7 heteroatoms. The Morgan fingerprint density at radius 1 is 1.26 bits per heavy atom. The van der Waals surface area contributed by atoms with Crippen LogP contribution in [0.5, 0.6) is 0 Å². The van der Waals surface area contributed by atoms with Crippen LogP contribution in [0, 0.1) is 6.92 Å². The molecule has 2 heterocycles. The van der Waals surface area contributed by atoms with Crippen LogP contribution >= 0.6 is 0 Å². The molecule has 1 atom stereocenters. The summed E-state index contributed by atoms with van der Waals surface area (Å²) in [7, 11) is -3.20. The van der Waals surface area contributed by atoms with Crippen LogP contribution in [0.25, 0.3) is 0 Å². The van der Waals surface area contributed by atoms with E-state index in [1.165, 1.54) is 17.4 Å². The number of fused-ring (bicyclic) bond motifs is 1. The first-order valence-electron chi connectivity index (χ1n) is 7.65. The summed E-state index contributed by atoms with van der Waals surface area (Å²) in [6.07, 6.45) is 2.96. The summed E-state index contributed by atoms with van der Waals surface area (Å²) >= 11 is 0. The summed E-state index contributed by atoms with van der Waals surface area (Å²) in [5, 5.41) is 4.35. The fraction of sp³-hybridized carbons (Fsp3) is 0.438. The number of hydrogen-bond donors (Lipinski definition) is 1. The molecule has 6 nitrogen and oxygen atoms in total. The lowest BCUT2D eigenvalue weighted by Gasteiger charge is -2.34. The molecule has 0 bridgehead atoms. The van der Waals surface area contributed by atoms with E-state index in [-0.39, 0.29) is 6.04 Å². The second-order valence-corrected chi connectivity index (χ2v) is 8.03. The van der Waals surface area contributed by atoms with Gasteiger partial charge < -0.3 is 0 Å². The summed E-state index contributed by atoms with van der Waals surface area (Å²) in [6.45, 7) is 4.88. The van der Waals surface area contributed by atoms with Gasteiger partial charge in [-0.05, 0) is 18.6 Å². The van der Waals surface area contributed by atoms with Crippen LogP contribution in [0.4, 0.5) is 0 Å². The van der Waals surface area contributed by atoms with Crippen molar-refractivity contribution >= 4 is 10.0 Å². The van der Waals surface area contributed by atoms with Crippen molar-refractivity contribution in [3.8, 4) is 0 Å². The van der Waals surface area contributed by atoms with Gasteiger partial charge >= 0.3 is 0 Å². The smallest absolute Gasteiger partial charge is 0.208 e. The Kier molecular flexibility index (Phi) is 4.52. The molecule has 0 amide bonds. The summed E-state index contributed by atoms with van der Waals surface area (Å²) in [6, 6.07) is 10.5. The lowest BCUT2D eigenvalue weighted by atomic mass is 10.1. The van der Waals surface area contributed by atoms with E-state index in [2.05, 4.69) is 45.9 Å². The molecule has 0 radical (unpaired) electrons. The van der Waals surface area contributed by atoms with Crippen molar-refractivity contribution in [2.45, 2.75) is 26.1 Å². The largest absolute Gasteiger partial charge is 0.291 e. The molecule has 0 aliphatic carbocycles. The van der Waals surface area contributed by atoms with Gasteiger partial charge in [0.1, 0.15) is 0 Å². The van der Waals surface area contributed by atoms with Crippen LogP contribution < -0.4 is 4.72 Å². The zero-order valence-electron chi connectivity index (χ0n) is 13.4. The van der Waals surface area contributed by atoms with Gasteiger partial charge in [-0.15, -0.1) is 0 Å². The van der Waals surface area contributed by atoms with Gasteiger partial charge in [0.05, 0.1) is 18.0 Å². The number of sulfonamides is 1. The fourth-order valence-corrected chi connectivity index (χ4v) is 3.43. The lowest BCUT2D eigenvalue weighted by Crippen LogP contribution is -2.42. The minimum absolute atomic E-state index is 0.00826. The van der Waals surface area contributed by atoms with Crippen molar-refractivity contribution in [2.24, 2.45) is 0 Å². The van der Waals surface area contributed by atoms with Gasteiger partial charge in [-0.1, -0.05) is 29.8 Å². The normalized spacial score (nSPS) is 18.8. The van der Waals surface area contributed by atoms with Gasteiger partial charge in [-0.2, -0.15) is 5.10 Å². The molecule has 1 N–H and O–H groups in total. The van der Waals surface area contributed by atoms with E-state index in [0.717, 1.165) is 25.3 Å². The molecule has 0 fully saturated rings. The number of hydrogen-bond acceptors (Lipinski definition) is 4. The molecule has 0 unspecified atom stereocenters. The molecule has 23 heavy (non-hydrogen) atoms. The second kappa shape index (κ2) is 6.43. The van der Waals surface area contributed by atoms with Crippen LogP contribution in [0.2, 0.25) is 0 Å². The molecule has 0 saturated heterocycles. The monoisotopic (exact) mass is 334 g/mol. The van der Waals surface area contributed by atoms with Crippen LogP contribution in [-0.2, 0) is 23.1 Å². The van der Waals surface area contributed by atoms with Crippen molar-refractivity contribution in [1.29, 1.82) is 0 Å². The number of aryl methyl sites for hydroxylation is 1. The van der Waals surface area contributed by atoms with E-state index in [1.54, 1.807) is 6.20 Å². The molecule has 1 aromatic heterocycles. The van der Waals surface area contributed by atoms with E-state index < -0.39 is 10.0 Å². The van der Waals surface area contributed by atoms with Gasteiger partial charge in [0.2, 0.25) is 10.0 Å². The highest BCUT2D eigenvalue weighted by atomic mass is 32.2. The van der Waals surface area contributed by atoms with E-state index in [0.29, 0.717) is 6.54 Å². The number of nitrogens with zero attached hydrogens (tertiary/aromatic N) is 3. The first-order valence-corrected chi connectivity index (χ1v) is 9.55. The van der Waals surface area contributed by atoms with Gasteiger partial charge in [0.15, 0.2) is 0 Å². The molecular weight excluding hydrogens is 312 g/mol. The first-order chi connectivity index (χ1) is 10.9. The van der Waals surface area contributed by atoms with Crippen LogP contribution in [0.3, 0.4) is 0 Å². The summed E-state index contributed by atoms with van der Waals surface area (Å²) in [5.74, 6) is 0. The fourth-order valence-electron chi connectivity index (χ4n) is 2.94. The number of nitrogens with one attached hydrogen (secondary N) is 1. The Bertz CT molecular complexity index is 768. The van der Waals surface area contributed by atoms with Crippen LogP contribution in [0.15, 0.2) is 36.5 Å². The molecule has 1 aromatic carbocycles. The molecule has 124 valence electrons. The van der Waals surface area contributed by atoms with Crippen molar-refractivity contribution in [1.82, 2.24) is 19.4 Å².